The molecule has 0 unspecified atom stereocenters. The van der Waals surface area contributed by atoms with Gasteiger partial charge in [-0.2, -0.15) is 0 Å². The van der Waals surface area contributed by atoms with Crippen LogP contribution < -0.4 is 5.32 Å². The van der Waals surface area contributed by atoms with Gasteiger partial charge in [0.2, 0.25) is 0 Å². The van der Waals surface area contributed by atoms with Gasteiger partial charge in [-0.3, -0.25) is 4.79 Å². The van der Waals surface area contributed by atoms with Crippen LogP contribution in [0.15, 0.2) is 23.6 Å². The summed E-state index contributed by atoms with van der Waals surface area (Å²) in [5.74, 6) is -3.19. The average Bonchev–Trinajstić information content (AvgIpc) is 2.98. The van der Waals surface area contributed by atoms with Crippen molar-refractivity contribution >= 4 is 45.8 Å². The minimum absolute atomic E-state index is 0.0368. The Morgan fingerprint density at radius 2 is 1.77 bits per heavy atom. The van der Waals surface area contributed by atoms with Gasteiger partial charge in [0, 0.05) is 5.38 Å². The van der Waals surface area contributed by atoms with E-state index in [1.54, 1.807) is 13.8 Å². The Morgan fingerprint density at radius 1 is 1.12 bits per heavy atom. The third-order valence-electron chi connectivity index (χ3n) is 3.18. The molecule has 1 heterocycles. The molecule has 9 heteroatoms. The molecule has 1 aromatic carbocycles. The van der Waals surface area contributed by atoms with Gasteiger partial charge in [-0.1, -0.05) is 17.7 Å². The van der Waals surface area contributed by atoms with Crippen LogP contribution in [0.4, 0.5) is 9.39 Å². The van der Waals surface area contributed by atoms with Crippen LogP contribution in [-0.2, 0) is 9.47 Å². The minimum Gasteiger partial charge on any atom is -0.462 e. The van der Waals surface area contributed by atoms with Crippen molar-refractivity contribution in [2.24, 2.45) is 0 Å². The molecule has 138 valence electrons. The molecule has 0 fully saturated rings. The van der Waals surface area contributed by atoms with Crippen molar-refractivity contribution in [1.82, 2.24) is 0 Å². The van der Waals surface area contributed by atoms with Crippen molar-refractivity contribution in [2.75, 3.05) is 18.5 Å². The first-order valence-electron chi connectivity index (χ1n) is 7.61. The van der Waals surface area contributed by atoms with Crippen LogP contribution in [0, 0.1) is 5.82 Å². The third-order valence-corrected chi connectivity index (χ3v) is 4.39. The lowest BCUT2D eigenvalue weighted by molar-refractivity contribution is 0.0481. The quantitative estimate of drug-likeness (QED) is 0.738. The summed E-state index contributed by atoms with van der Waals surface area (Å²) in [6.07, 6.45) is 0. The number of esters is 2. The minimum atomic E-state index is -0.851. The lowest BCUT2D eigenvalue weighted by Gasteiger charge is -2.09. The molecule has 0 radical (unpaired) electrons. The average molecular weight is 400 g/mol. The zero-order valence-corrected chi connectivity index (χ0v) is 15.5. The molecule has 26 heavy (non-hydrogen) atoms. The maximum absolute atomic E-state index is 13.9. The molecular formula is C17H15ClFNO5S. The second-order valence-corrected chi connectivity index (χ2v) is 6.13. The monoisotopic (exact) mass is 399 g/mol. The molecule has 6 nitrogen and oxygen atoms in total. The highest BCUT2D eigenvalue weighted by molar-refractivity contribution is 7.15. The van der Waals surface area contributed by atoms with Gasteiger partial charge in [0.15, 0.2) is 0 Å². The Morgan fingerprint density at radius 3 is 2.38 bits per heavy atom. The van der Waals surface area contributed by atoms with Crippen LogP contribution >= 0.6 is 22.9 Å². The highest BCUT2D eigenvalue weighted by Gasteiger charge is 2.27. The highest BCUT2D eigenvalue weighted by atomic mass is 35.5. The molecule has 0 bridgehead atoms. The van der Waals surface area contributed by atoms with E-state index in [1.807, 2.05) is 0 Å². The summed E-state index contributed by atoms with van der Waals surface area (Å²) in [7, 11) is 0. The van der Waals surface area contributed by atoms with Crippen molar-refractivity contribution in [2.45, 2.75) is 13.8 Å². The Hall–Kier alpha value is -2.45. The number of thiophene rings is 1. The van der Waals surface area contributed by atoms with Crippen LogP contribution in [0.25, 0.3) is 0 Å². The van der Waals surface area contributed by atoms with E-state index in [0.717, 1.165) is 17.4 Å². The van der Waals surface area contributed by atoms with Crippen LogP contribution in [0.5, 0.6) is 0 Å². The second-order valence-electron chi connectivity index (χ2n) is 4.85. The number of amides is 1. The van der Waals surface area contributed by atoms with Gasteiger partial charge in [0.1, 0.15) is 16.4 Å². The van der Waals surface area contributed by atoms with Crippen molar-refractivity contribution in [3.63, 3.8) is 0 Å². The van der Waals surface area contributed by atoms with Crippen molar-refractivity contribution in [3.8, 4) is 0 Å². The summed E-state index contributed by atoms with van der Waals surface area (Å²) in [5.41, 5.74) is -0.545. The largest absolute Gasteiger partial charge is 0.462 e. The van der Waals surface area contributed by atoms with Crippen LogP contribution in [0.2, 0.25) is 5.02 Å². The molecule has 0 saturated carbocycles. The van der Waals surface area contributed by atoms with E-state index in [0.29, 0.717) is 0 Å². The van der Waals surface area contributed by atoms with Gasteiger partial charge in [-0.25, -0.2) is 14.0 Å². The summed E-state index contributed by atoms with van der Waals surface area (Å²) in [6.45, 7) is 3.41. The van der Waals surface area contributed by atoms with E-state index in [4.69, 9.17) is 21.1 Å². The first-order valence-corrected chi connectivity index (χ1v) is 8.87. The van der Waals surface area contributed by atoms with Gasteiger partial charge >= 0.3 is 11.9 Å². The van der Waals surface area contributed by atoms with Crippen molar-refractivity contribution in [1.29, 1.82) is 0 Å². The normalized spacial score (nSPS) is 10.3. The fourth-order valence-corrected chi connectivity index (χ4v) is 3.26. The van der Waals surface area contributed by atoms with Crippen molar-refractivity contribution in [3.05, 3.63) is 51.1 Å². The highest BCUT2D eigenvalue weighted by Crippen LogP contribution is 2.31. The van der Waals surface area contributed by atoms with E-state index in [-0.39, 0.29) is 39.9 Å². The number of benzene rings is 1. The Bertz CT molecular complexity index is 831. The maximum atomic E-state index is 13.9. The number of hydrogen-bond donors (Lipinski definition) is 1. The standard InChI is InChI=1S/C17H15ClFNO5S/c1-3-24-16(22)9-8-26-15(12(9)17(23)25-4-2)20-14(21)13-10(18)6-5-7-11(13)19/h5-8H,3-4H2,1-2H3,(H,20,21). The molecule has 1 N–H and O–H groups in total. The number of nitrogens with one attached hydrogen (secondary N) is 1. The number of anilines is 1. The number of hydrogen-bond acceptors (Lipinski definition) is 6. The molecule has 0 saturated heterocycles. The lowest BCUT2D eigenvalue weighted by Crippen LogP contribution is -2.18. The zero-order chi connectivity index (χ0) is 19.3. The Labute approximate surface area is 157 Å². The SMILES string of the molecule is CCOC(=O)c1csc(NC(=O)c2c(F)cccc2Cl)c1C(=O)OCC. The smallest absolute Gasteiger partial charge is 0.342 e. The molecule has 2 aromatic rings. The Kier molecular flexibility index (Phi) is 6.70. The van der Waals surface area contributed by atoms with Crippen LogP contribution in [-0.4, -0.2) is 31.1 Å². The fourth-order valence-electron chi connectivity index (χ4n) is 2.10. The molecular weight excluding hydrogens is 385 g/mol. The number of halogens is 2. The number of ether oxygens (including phenoxy) is 2. The van der Waals surface area contributed by atoms with Crippen molar-refractivity contribution < 1.29 is 28.2 Å². The van der Waals surface area contributed by atoms with E-state index in [1.165, 1.54) is 17.5 Å². The molecule has 0 spiro atoms. The lowest BCUT2D eigenvalue weighted by atomic mass is 10.1. The van der Waals surface area contributed by atoms with Crippen LogP contribution in [0.1, 0.15) is 44.9 Å². The molecule has 0 aliphatic carbocycles. The van der Waals surface area contributed by atoms with Gasteiger partial charge in [0.05, 0.1) is 29.4 Å². The fraction of sp³-hybridized carbons (Fsp3) is 0.235. The summed E-state index contributed by atoms with van der Waals surface area (Å²) in [4.78, 5) is 36.7. The first-order chi connectivity index (χ1) is 12.4. The number of rotatable bonds is 6. The Balaban J connectivity index is 2.41. The third kappa shape index (κ3) is 4.20. The predicted octanol–water partition coefficient (Wildman–Crippen LogP) is 4.15. The molecule has 1 aromatic heterocycles. The van der Waals surface area contributed by atoms with Crippen LogP contribution in [0.3, 0.4) is 0 Å². The molecule has 0 aliphatic heterocycles. The molecule has 0 atom stereocenters. The van der Waals surface area contributed by atoms with Gasteiger partial charge < -0.3 is 14.8 Å². The molecule has 1 amide bonds. The zero-order valence-electron chi connectivity index (χ0n) is 13.9. The summed E-state index contributed by atoms with van der Waals surface area (Å²) in [5, 5.41) is 3.73. The van der Waals surface area contributed by atoms with E-state index in [9.17, 15) is 18.8 Å². The second kappa shape index (κ2) is 8.77. The van der Waals surface area contributed by atoms with Gasteiger partial charge in [-0.15, -0.1) is 11.3 Å². The topological polar surface area (TPSA) is 81.7 Å². The van der Waals surface area contributed by atoms with Gasteiger partial charge in [0.25, 0.3) is 5.91 Å². The molecule has 2 rings (SSSR count). The summed E-state index contributed by atoms with van der Waals surface area (Å²) < 4.78 is 23.8. The maximum Gasteiger partial charge on any atom is 0.342 e. The number of carbonyl (C=O) groups is 3. The van der Waals surface area contributed by atoms with E-state index < -0.39 is 23.7 Å². The van der Waals surface area contributed by atoms with E-state index in [2.05, 4.69) is 5.32 Å². The predicted molar refractivity (Wildman–Crippen MR) is 95.6 cm³/mol. The summed E-state index contributed by atoms with van der Waals surface area (Å²) >= 11 is 6.80. The van der Waals surface area contributed by atoms with E-state index >= 15 is 0 Å². The molecule has 0 aliphatic rings. The first kappa shape index (κ1) is 19.9. The number of carbonyl (C=O) groups excluding carboxylic acids is 3. The van der Waals surface area contributed by atoms with Gasteiger partial charge in [-0.05, 0) is 26.0 Å². The summed E-state index contributed by atoms with van der Waals surface area (Å²) in [6, 6.07) is 3.82.